The van der Waals surface area contributed by atoms with Gasteiger partial charge in [0.1, 0.15) is 6.54 Å². The molecule has 7 nitrogen and oxygen atoms in total. The number of carbonyl (C=O) groups excluding carboxylic acids is 2. The number of piperidine rings is 1. The summed E-state index contributed by atoms with van der Waals surface area (Å²) in [5, 5.41) is 4.22. The highest BCUT2D eigenvalue weighted by Crippen LogP contribution is 2.32. The van der Waals surface area contributed by atoms with E-state index in [0.717, 1.165) is 25.9 Å². The van der Waals surface area contributed by atoms with Gasteiger partial charge in [-0.3, -0.25) is 19.2 Å². The smallest absolute Gasteiger partial charge is 0.241 e. The second kappa shape index (κ2) is 6.31. The molecule has 2 aliphatic heterocycles. The van der Waals surface area contributed by atoms with Gasteiger partial charge >= 0.3 is 0 Å². The van der Waals surface area contributed by atoms with Crippen LogP contribution in [0.4, 0.5) is 0 Å². The lowest BCUT2D eigenvalue weighted by atomic mass is 9.96. The summed E-state index contributed by atoms with van der Waals surface area (Å²) in [5.74, 6) is 0.106. The molecule has 3 heterocycles. The van der Waals surface area contributed by atoms with Crippen LogP contribution in [0, 0.1) is 0 Å². The van der Waals surface area contributed by atoms with Crippen molar-refractivity contribution in [3.05, 3.63) is 18.0 Å². The molecule has 0 saturated carbocycles. The van der Waals surface area contributed by atoms with Crippen molar-refractivity contribution in [2.75, 3.05) is 27.2 Å². The first-order valence-electron chi connectivity index (χ1n) is 8.17. The molecule has 1 aromatic heterocycles. The molecule has 23 heavy (non-hydrogen) atoms. The summed E-state index contributed by atoms with van der Waals surface area (Å²) in [6.45, 7) is 2.02. The van der Waals surface area contributed by atoms with Crippen molar-refractivity contribution in [3.8, 4) is 0 Å². The Labute approximate surface area is 136 Å². The highest BCUT2D eigenvalue weighted by Gasteiger charge is 2.43. The second-order valence-corrected chi connectivity index (χ2v) is 6.76. The zero-order valence-electron chi connectivity index (χ0n) is 14.1. The summed E-state index contributed by atoms with van der Waals surface area (Å²) < 4.78 is 1.81. The van der Waals surface area contributed by atoms with Gasteiger partial charge in [0, 0.05) is 64.5 Å². The quantitative estimate of drug-likeness (QED) is 0.788. The molecule has 0 N–H and O–H groups in total. The van der Waals surface area contributed by atoms with E-state index in [9.17, 15) is 9.59 Å². The van der Waals surface area contributed by atoms with E-state index in [1.54, 1.807) is 23.9 Å². The van der Waals surface area contributed by atoms with Crippen LogP contribution in [-0.4, -0.2) is 75.6 Å². The van der Waals surface area contributed by atoms with Crippen molar-refractivity contribution in [2.24, 2.45) is 7.05 Å². The van der Waals surface area contributed by atoms with Crippen molar-refractivity contribution < 1.29 is 9.59 Å². The molecule has 0 aromatic carbocycles. The van der Waals surface area contributed by atoms with Crippen molar-refractivity contribution in [1.82, 2.24) is 24.5 Å². The standard InChI is InChI=1S/C16H25N5O2/c1-18(2)16(23)11-21-14-6-7-20(13(14)4-5-15(21)22)10-12-8-17-19(3)9-12/h8-9,13-14H,4-7,10-11H2,1-3H3/t13-,14-/m0/s1. The first kappa shape index (κ1) is 16.0. The molecule has 2 saturated heterocycles. The normalized spacial score (nSPS) is 24.8. The largest absolute Gasteiger partial charge is 0.347 e. The minimum atomic E-state index is -0.00953. The summed E-state index contributed by atoms with van der Waals surface area (Å²) in [7, 11) is 5.39. The maximum absolute atomic E-state index is 12.3. The van der Waals surface area contributed by atoms with E-state index in [-0.39, 0.29) is 24.4 Å². The van der Waals surface area contributed by atoms with Crippen molar-refractivity contribution in [1.29, 1.82) is 0 Å². The number of likely N-dealkylation sites (N-methyl/N-ethyl adjacent to an activating group) is 1. The minimum Gasteiger partial charge on any atom is -0.347 e. The van der Waals surface area contributed by atoms with Gasteiger partial charge in [-0.25, -0.2) is 0 Å². The average Bonchev–Trinajstić information content (AvgIpc) is 3.09. The predicted octanol–water partition coefficient (Wildman–Crippen LogP) is 0.0736. The number of carbonyl (C=O) groups is 2. The van der Waals surface area contributed by atoms with Gasteiger partial charge in [0.2, 0.25) is 11.8 Å². The number of nitrogens with zero attached hydrogens (tertiary/aromatic N) is 5. The molecule has 7 heteroatoms. The summed E-state index contributed by atoms with van der Waals surface area (Å²) in [6.07, 6.45) is 6.29. The molecule has 0 aliphatic carbocycles. The summed E-state index contributed by atoms with van der Waals surface area (Å²) >= 11 is 0. The Kier molecular flexibility index (Phi) is 4.39. The zero-order chi connectivity index (χ0) is 16.6. The van der Waals surface area contributed by atoms with E-state index in [0.29, 0.717) is 12.5 Å². The minimum absolute atomic E-state index is 0.00953. The van der Waals surface area contributed by atoms with E-state index in [1.165, 1.54) is 5.56 Å². The fraction of sp³-hybridized carbons (Fsp3) is 0.688. The third-order valence-corrected chi connectivity index (χ3v) is 4.95. The summed E-state index contributed by atoms with van der Waals surface area (Å²) in [5.41, 5.74) is 1.20. The van der Waals surface area contributed by atoms with Crippen LogP contribution in [0.15, 0.2) is 12.4 Å². The zero-order valence-corrected chi connectivity index (χ0v) is 14.1. The first-order valence-corrected chi connectivity index (χ1v) is 8.17. The Bertz CT molecular complexity index is 597. The maximum Gasteiger partial charge on any atom is 0.241 e. The average molecular weight is 319 g/mol. The van der Waals surface area contributed by atoms with Gasteiger partial charge in [-0.05, 0) is 12.8 Å². The van der Waals surface area contributed by atoms with Crippen molar-refractivity contribution in [3.63, 3.8) is 0 Å². The van der Waals surface area contributed by atoms with E-state index in [1.807, 2.05) is 24.1 Å². The Morgan fingerprint density at radius 3 is 2.78 bits per heavy atom. The number of fused-ring (bicyclic) bond motifs is 1. The highest BCUT2D eigenvalue weighted by molar-refractivity contribution is 5.85. The number of aryl methyl sites for hydroxylation is 1. The van der Waals surface area contributed by atoms with Gasteiger partial charge in [0.25, 0.3) is 0 Å². The van der Waals surface area contributed by atoms with Crippen molar-refractivity contribution >= 4 is 11.8 Å². The van der Waals surface area contributed by atoms with E-state index in [4.69, 9.17) is 0 Å². The monoisotopic (exact) mass is 319 g/mol. The Balaban J connectivity index is 1.69. The number of likely N-dealkylation sites (tertiary alicyclic amines) is 2. The molecule has 0 radical (unpaired) electrons. The van der Waals surface area contributed by atoms with E-state index in [2.05, 4.69) is 10.00 Å². The van der Waals surface area contributed by atoms with Gasteiger partial charge in [-0.1, -0.05) is 0 Å². The van der Waals surface area contributed by atoms with E-state index < -0.39 is 0 Å². The molecule has 2 fully saturated rings. The lowest BCUT2D eigenvalue weighted by molar-refractivity contribution is -0.144. The molecule has 0 spiro atoms. The number of rotatable bonds is 4. The first-order chi connectivity index (χ1) is 11.0. The number of hydrogen-bond acceptors (Lipinski definition) is 4. The Hall–Kier alpha value is -1.89. The molecule has 2 atom stereocenters. The van der Waals surface area contributed by atoms with E-state index >= 15 is 0 Å². The summed E-state index contributed by atoms with van der Waals surface area (Å²) in [6, 6.07) is 0.514. The van der Waals surface area contributed by atoms with Crippen LogP contribution >= 0.6 is 0 Å². The molecule has 3 rings (SSSR count). The third kappa shape index (κ3) is 3.24. The van der Waals surface area contributed by atoms with Gasteiger partial charge in [0.15, 0.2) is 0 Å². The molecule has 126 valence electrons. The van der Waals surface area contributed by atoms with Crippen molar-refractivity contribution in [2.45, 2.75) is 37.9 Å². The number of hydrogen-bond donors (Lipinski definition) is 0. The number of amides is 2. The topological polar surface area (TPSA) is 61.7 Å². The fourth-order valence-corrected chi connectivity index (χ4v) is 3.72. The van der Waals surface area contributed by atoms with Gasteiger partial charge in [0.05, 0.1) is 6.20 Å². The van der Waals surface area contributed by atoms with Crippen LogP contribution in [-0.2, 0) is 23.2 Å². The maximum atomic E-state index is 12.3. The predicted molar refractivity (Wildman–Crippen MR) is 85.5 cm³/mol. The van der Waals surface area contributed by atoms with Crippen LogP contribution in [0.5, 0.6) is 0 Å². The van der Waals surface area contributed by atoms with Gasteiger partial charge in [-0.2, -0.15) is 5.10 Å². The molecular formula is C16H25N5O2. The molecule has 1 aromatic rings. The second-order valence-electron chi connectivity index (χ2n) is 6.76. The SMILES string of the molecule is CN(C)C(=O)CN1C(=O)CC[C@H]2[C@@H]1CCN2Cc1cnn(C)c1. The number of aromatic nitrogens is 2. The molecule has 2 aliphatic rings. The molecule has 2 amide bonds. The lowest BCUT2D eigenvalue weighted by Crippen LogP contribution is -2.54. The fourth-order valence-electron chi connectivity index (χ4n) is 3.72. The van der Waals surface area contributed by atoms with Crippen LogP contribution in [0.2, 0.25) is 0 Å². The third-order valence-electron chi connectivity index (χ3n) is 4.95. The lowest BCUT2D eigenvalue weighted by Gasteiger charge is -2.39. The van der Waals surface area contributed by atoms with Crippen LogP contribution < -0.4 is 0 Å². The van der Waals surface area contributed by atoms with Crippen LogP contribution in [0.25, 0.3) is 0 Å². The Morgan fingerprint density at radius 2 is 2.13 bits per heavy atom. The molecule has 0 bridgehead atoms. The van der Waals surface area contributed by atoms with Crippen LogP contribution in [0.3, 0.4) is 0 Å². The highest BCUT2D eigenvalue weighted by atomic mass is 16.2. The molecular weight excluding hydrogens is 294 g/mol. The van der Waals surface area contributed by atoms with Gasteiger partial charge < -0.3 is 9.80 Å². The molecule has 0 unspecified atom stereocenters. The van der Waals surface area contributed by atoms with Crippen LogP contribution in [0.1, 0.15) is 24.8 Å². The van der Waals surface area contributed by atoms with Gasteiger partial charge in [-0.15, -0.1) is 0 Å². The summed E-state index contributed by atoms with van der Waals surface area (Å²) in [4.78, 5) is 30.1. The Morgan fingerprint density at radius 1 is 1.35 bits per heavy atom.